The van der Waals surface area contributed by atoms with Gasteiger partial charge in [-0.3, -0.25) is 0 Å². The molecule has 0 aliphatic rings. The zero-order valence-electron chi connectivity index (χ0n) is 9.76. The van der Waals surface area contributed by atoms with Crippen LogP contribution in [0.3, 0.4) is 0 Å². The fraction of sp³-hybridized carbons (Fsp3) is 0.455. The molecular weight excluding hydrogens is 240 g/mol. The van der Waals surface area contributed by atoms with Crippen LogP contribution in [0.4, 0.5) is 5.69 Å². The van der Waals surface area contributed by atoms with Crippen molar-refractivity contribution in [3.8, 4) is 0 Å². The minimum atomic E-state index is -3.64. The van der Waals surface area contributed by atoms with E-state index in [1.807, 2.05) is 6.92 Å². The summed E-state index contributed by atoms with van der Waals surface area (Å²) in [5, 5.41) is 17.5. The topological polar surface area (TPSA) is 92.4 Å². The molecule has 1 unspecified atom stereocenters. The molecule has 0 aromatic heterocycles. The number of benzene rings is 1. The summed E-state index contributed by atoms with van der Waals surface area (Å²) >= 11 is 0. The van der Waals surface area contributed by atoms with Gasteiger partial charge in [-0.15, -0.1) is 0 Å². The van der Waals surface area contributed by atoms with Crippen molar-refractivity contribution < 1.29 is 13.5 Å². The van der Waals surface area contributed by atoms with E-state index in [0.717, 1.165) is 18.5 Å². The Hall–Kier alpha value is -1.11. The molecule has 0 amide bonds. The molecule has 0 radical (unpaired) electrons. The van der Waals surface area contributed by atoms with Crippen LogP contribution < -0.4 is 10.5 Å². The quantitative estimate of drug-likeness (QED) is 0.707. The van der Waals surface area contributed by atoms with Crippen molar-refractivity contribution in [2.24, 2.45) is 5.14 Å². The van der Waals surface area contributed by atoms with Crippen molar-refractivity contribution in [1.29, 1.82) is 0 Å². The zero-order valence-corrected chi connectivity index (χ0v) is 10.6. The van der Waals surface area contributed by atoms with Crippen LogP contribution in [0.2, 0.25) is 0 Å². The number of rotatable bonds is 6. The van der Waals surface area contributed by atoms with E-state index in [1.165, 1.54) is 12.1 Å². The molecule has 4 N–H and O–H groups in total. The molecule has 0 spiro atoms. The van der Waals surface area contributed by atoms with Crippen molar-refractivity contribution >= 4 is 15.7 Å². The SMILES string of the molecule is CCCC(O)CNc1ccc(S(N)(=O)=O)cc1. The molecule has 1 rings (SSSR count). The number of nitrogens with one attached hydrogen (secondary N) is 1. The number of aliphatic hydroxyl groups excluding tert-OH is 1. The van der Waals surface area contributed by atoms with Gasteiger partial charge in [0.05, 0.1) is 11.0 Å². The molecule has 6 heteroatoms. The van der Waals surface area contributed by atoms with E-state index in [-0.39, 0.29) is 4.90 Å². The van der Waals surface area contributed by atoms with Gasteiger partial charge in [-0.05, 0) is 30.7 Å². The molecule has 0 saturated heterocycles. The van der Waals surface area contributed by atoms with Crippen molar-refractivity contribution in [2.75, 3.05) is 11.9 Å². The number of sulfonamides is 1. The predicted octanol–water partition coefficient (Wildman–Crippen LogP) is 0.907. The molecule has 17 heavy (non-hydrogen) atoms. The molecule has 0 aliphatic heterocycles. The van der Waals surface area contributed by atoms with Gasteiger partial charge in [-0.25, -0.2) is 13.6 Å². The van der Waals surface area contributed by atoms with Crippen LogP contribution >= 0.6 is 0 Å². The summed E-state index contributed by atoms with van der Waals surface area (Å²) in [6.07, 6.45) is 1.27. The van der Waals surface area contributed by atoms with Crippen molar-refractivity contribution in [3.05, 3.63) is 24.3 Å². The van der Waals surface area contributed by atoms with E-state index in [4.69, 9.17) is 5.14 Å². The van der Waals surface area contributed by atoms with Crippen LogP contribution in [-0.2, 0) is 10.0 Å². The maximum absolute atomic E-state index is 11.0. The maximum Gasteiger partial charge on any atom is 0.238 e. The number of aliphatic hydroxyl groups is 1. The monoisotopic (exact) mass is 258 g/mol. The van der Waals surface area contributed by atoms with E-state index in [0.29, 0.717) is 6.54 Å². The second kappa shape index (κ2) is 6.00. The Balaban J connectivity index is 2.57. The molecule has 1 atom stereocenters. The number of nitrogens with two attached hydrogens (primary N) is 1. The Morgan fingerprint density at radius 1 is 1.35 bits per heavy atom. The third-order valence-corrected chi connectivity index (χ3v) is 3.28. The van der Waals surface area contributed by atoms with E-state index < -0.39 is 16.1 Å². The largest absolute Gasteiger partial charge is 0.391 e. The molecular formula is C11H18N2O3S. The van der Waals surface area contributed by atoms with Gasteiger partial charge in [0.15, 0.2) is 0 Å². The average molecular weight is 258 g/mol. The van der Waals surface area contributed by atoms with E-state index in [1.54, 1.807) is 12.1 Å². The van der Waals surface area contributed by atoms with Gasteiger partial charge in [0.25, 0.3) is 0 Å². The fourth-order valence-corrected chi connectivity index (χ4v) is 1.95. The normalized spacial score (nSPS) is 13.4. The molecule has 0 fully saturated rings. The van der Waals surface area contributed by atoms with Gasteiger partial charge in [-0.1, -0.05) is 13.3 Å². The summed E-state index contributed by atoms with van der Waals surface area (Å²) in [5.41, 5.74) is 0.757. The lowest BCUT2D eigenvalue weighted by atomic mass is 10.2. The number of hydrogen-bond acceptors (Lipinski definition) is 4. The second-order valence-corrected chi connectivity index (χ2v) is 5.45. The zero-order chi connectivity index (χ0) is 12.9. The van der Waals surface area contributed by atoms with Crippen LogP contribution in [0.1, 0.15) is 19.8 Å². The summed E-state index contributed by atoms with van der Waals surface area (Å²) in [7, 11) is -3.64. The van der Waals surface area contributed by atoms with Gasteiger partial charge in [0.1, 0.15) is 0 Å². The first-order valence-electron chi connectivity index (χ1n) is 5.48. The lowest BCUT2D eigenvalue weighted by molar-refractivity contribution is 0.176. The summed E-state index contributed by atoms with van der Waals surface area (Å²) in [4.78, 5) is 0.0807. The molecule has 1 aromatic carbocycles. The maximum atomic E-state index is 11.0. The Bertz CT molecular complexity index is 442. The third-order valence-electron chi connectivity index (χ3n) is 2.35. The average Bonchev–Trinajstić information content (AvgIpc) is 2.26. The first-order chi connectivity index (χ1) is 7.93. The highest BCUT2D eigenvalue weighted by molar-refractivity contribution is 7.89. The van der Waals surface area contributed by atoms with Crippen molar-refractivity contribution in [3.63, 3.8) is 0 Å². The minimum absolute atomic E-state index is 0.0807. The van der Waals surface area contributed by atoms with E-state index >= 15 is 0 Å². The number of anilines is 1. The predicted molar refractivity (Wildman–Crippen MR) is 67.2 cm³/mol. The Labute approximate surface area is 102 Å². The summed E-state index contributed by atoms with van der Waals surface area (Å²) < 4.78 is 22.0. The van der Waals surface area contributed by atoms with Crippen LogP contribution in [0.25, 0.3) is 0 Å². The lowest BCUT2D eigenvalue weighted by Gasteiger charge is -2.11. The van der Waals surface area contributed by atoms with Crippen LogP contribution in [-0.4, -0.2) is 26.2 Å². The molecule has 0 heterocycles. The Kier molecular flexibility index (Phi) is 4.92. The first-order valence-corrected chi connectivity index (χ1v) is 7.03. The molecule has 96 valence electrons. The summed E-state index contributed by atoms with van der Waals surface area (Å²) in [6, 6.07) is 6.12. The highest BCUT2D eigenvalue weighted by Crippen LogP contribution is 2.12. The lowest BCUT2D eigenvalue weighted by Crippen LogP contribution is -2.19. The highest BCUT2D eigenvalue weighted by atomic mass is 32.2. The van der Waals surface area contributed by atoms with Gasteiger partial charge in [-0.2, -0.15) is 0 Å². The van der Waals surface area contributed by atoms with Crippen LogP contribution in [0, 0.1) is 0 Å². The Morgan fingerprint density at radius 2 is 1.94 bits per heavy atom. The number of hydrogen-bond donors (Lipinski definition) is 3. The molecule has 0 bridgehead atoms. The summed E-state index contributed by atoms with van der Waals surface area (Å²) in [5.74, 6) is 0. The van der Waals surface area contributed by atoms with Crippen LogP contribution in [0.5, 0.6) is 0 Å². The highest BCUT2D eigenvalue weighted by Gasteiger charge is 2.07. The Morgan fingerprint density at radius 3 is 2.41 bits per heavy atom. The van der Waals surface area contributed by atoms with Gasteiger partial charge in [0.2, 0.25) is 10.0 Å². The number of primary sulfonamides is 1. The standard InChI is InChI=1S/C11H18N2O3S/c1-2-3-10(14)8-13-9-4-6-11(7-5-9)17(12,15)16/h4-7,10,13-14H,2-3,8H2,1H3,(H2,12,15,16). The third kappa shape index (κ3) is 4.72. The molecule has 0 aliphatic carbocycles. The van der Waals surface area contributed by atoms with Gasteiger partial charge >= 0.3 is 0 Å². The molecule has 5 nitrogen and oxygen atoms in total. The summed E-state index contributed by atoms with van der Waals surface area (Å²) in [6.45, 7) is 2.45. The fourth-order valence-electron chi connectivity index (χ4n) is 1.43. The van der Waals surface area contributed by atoms with E-state index in [2.05, 4.69) is 5.32 Å². The minimum Gasteiger partial charge on any atom is -0.391 e. The van der Waals surface area contributed by atoms with Gasteiger partial charge < -0.3 is 10.4 Å². The van der Waals surface area contributed by atoms with E-state index in [9.17, 15) is 13.5 Å². The molecule has 0 saturated carbocycles. The van der Waals surface area contributed by atoms with Crippen molar-refractivity contribution in [2.45, 2.75) is 30.8 Å². The van der Waals surface area contributed by atoms with Crippen LogP contribution in [0.15, 0.2) is 29.2 Å². The van der Waals surface area contributed by atoms with Gasteiger partial charge in [0, 0.05) is 12.2 Å². The first kappa shape index (κ1) is 14.0. The smallest absolute Gasteiger partial charge is 0.238 e. The second-order valence-electron chi connectivity index (χ2n) is 3.89. The molecule has 1 aromatic rings. The van der Waals surface area contributed by atoms with Crippen molar-refractivity contribution in [1.82, 2.24) is 0 Å².